The van der Waals surface area contributed by atoms with Crippen molar-refractivity contribution in [2.75, 3.05) is 0 Å². The molecule has 2 amide bonds. The third kappa shape index (κ3) is 7.26. The standard InChI is InChI=1S/C13H16O.C8H11NO2.2C2H6/c1-4-7-13(14)12-9-6-8-10(3)11(12)5-2;1-5-4-8(2-3-8)7(11)9-6(5)10;2*1-2/h5-6,8-9H,2,4,7H2,1,3H3;5H,2-4H2,1H3,(H,9,10,11);2*1-2H3. The van der Waals surface area contributed by atoms with Crippen LogP contribution in [0, 0.1) is 18.3 Å². The molecule has 1 saturated heterocycles. The van der Waals surface area contributed by atoms with Crippen LogP contribution in [0.4, 0.5) is 0 Å². The average molecular weight is 402 g/mol. The van der Waals surface area contributed by atoms with Crippen molar-refractivity contribution in [1.29, 1.82) is 0 Å². The lowest BCUT2D eigenvalue weighted by atomic mass is 9.88. The molecule has 2 fully saturated rings. The third-order valence-corrected chi connectivity index (χ3v) is 5.02. The van der Waals surface area contributed by atoms with E-state index < -0.39 is 0 Å². The lowest BCUT2D eigenvalue weighted by Gasteiger charge is -2.24. The van der Waals surface area contributed by atoms with Crippen LogP contribution in [0.3, 0.4) is 0 Å². The summed E-state index contributed by atoms with van der Waals surface area (Å²) in [7, 11) is 0. The summed E-state index contributed by atoms with van der Waals surface area (Å²) in [6, 6.07) is 5.80. The van der Waals surface area contributed by atoms with Crippen LogP contribution in [-0.4, -0.2) is 17.6 Å². The van der Waals surface area contributed by atoms with Crippen molar-refractivity contribution in [3.8, 4) is 0 Å². The number of benzene rings is 1. The number of hydrogen-bond acceptors (Lipinski definition) is 3. The van der Waals surface area contributed by atoms with Gasteiger partial charge in [-0.05, 0) is 43.7 Å². The maximum atomic E-state index is 11.7. The molecule has 0 aromatic heterocycles. The SMILES string of the molecule is C=Cc1c(C)cccc1C(=O)CCC.CC.CC.CC1CC2(CC2)C(=O)NC1=O. The van der Waals surface area contributed by atoms with Gasteiger partial charge in [-0.25, -0.2) is 0 Å². The largest absolute Gasteiger partial charge is 0.296 e. The molecule has 3 rings (SSSR count). The van der Waals surface area contributed by atoms with Gasteiger partial charge in [-0.2, -0.15) is 0 Å². The molecule has 1 aliphatic carbocycles. The zero-order chi connectivity index (χ0) is 22.6. The highest BCUT2D eigenvalue weighted by atomic mass is 16.2. The minimum atomic E-state index is -0.132. The number of hydrogen-bond donors (Lipinski definition) is 1. The Bertz CT molecular complexity index is 702. The van der Waals surface area contributed by atoms with Crippen molar-refractivity contribution in [3.05, 3.63) is 41.5 Å². The molecule has 1 aromatic carbocycles. The van der Waals surface area contributed by atoms with Gasteiger partial charge in [-0.1, -0.05) is 72.4 Å². The smallest absolute Gasteiger partial charge is 0.232 e. The Hall–Kier alpha value is -2.23. The lowest BCUT2D eigenvalue weighted by molar-refractivity contribution is -0.140. The second-order valence-electron chi connectivity index (χ2n) is 7.12. The third-order valence-electron chi connectivity index (χ3n) is 5.02. The minimum absolute atomic E-state index is 0.0233. The summed E-state index contributed by atoms with van der Waals surface area (Å²) in [5.41, 5.74) is 2.77. The number of rotatable bonds is 4. The zero-order valence-electron chi connectivity index (χ0n) is 19.4. The van der Waals surface area contributed by atoms with Gasteiger partial charge in [0.05, 0.1) is 5.41 Å². The fraction of sp³-hybridized carbons (Fsp3) is 0.560. The van der Waals surface area contributed by atoms with Gasteiger partial charge in [0.1, 0.15) is 0 Å². The van der Waals surface area contributed by atoms with E-state index in [1.165, 1.54) is 0 Å². The number of ketones is 1. The van der Waals surface area contributed by atoms with Crippen molar-refractivity contribution < 1.29 is 14.4 Å². The number of carbonyl (C=O) groups is 3. The van der Waals surface area contributed by atoms with Gasteiger partial charge in [-0.15, -0.1) is 0 Å². The van der Waals surface area contributed by atoms with E-state index in [9.17, 15) is 14.4 Å². The van der Waals surface area contributed by atoms with Crippen LogP contribution >= 0.6 is 0 Å². The summed E-state index contributed by atoms with van der Waals surface area (Å²) >= 11 is 0. The molecule has 0 radical (unpaired) electrons. The topological polar surface area (TPSA) is 63.2 Å². The molecular formula is C25H39NO3. The van der Waals surface area contributed by atoms with E-state index in [0.29, 0.717) is 6.42 Å². The van der Waals surface area contributed by atoms with Gasteiger partial charge in [0, 0.05) is 17.9 Å². The molecule has 4 heteroatoms. The molecule has 1 aliphatic heterocycles. The Kier molecular flexibility index (Phi) is 12.1. The van der Waals surface area contributed by atoms with E-state index in [-0.39, 0.29) is 28.9 Å². The second kappa shape index (κ2) is 13.1. The number of Topliss-reactive ketones (excluding diaryl/α,β-unsaturated/α-hetero) is 1. The number of carbonyl (C=O) groups excluding carboxylic acids is 3. The van der Waals surface area contributed by atoms with Crippen LogP contribution in [-0.2, 0) is 9.59 Å². The van der Waals surface area contributed by atoms with E-state index in [1.54, 1.807) is 6.08 Å². The number of nitrogens with one attached hydrogen (secondary N) is 1. The molecule has 1 atom stereocenters. The van der Waals surface area contributed by atoms with E-state index in [2.05, 4.69) is 11.9 Å². The van der Waals surface area contributed by atoms with Crippen LogP contribution in [0.2, 0.25) is 0 Å². The summed E-state index contributed by atoms with van der Waals surface area (Å²) in [5, 5.41) is 2.40. The van der Waals surface area contributed by atoms with Crippen molar-refractivity contribution in [1.82, 2.24) is 5.32 Å². The molecule has 1 N–H and O–H groups in total. The van der Waals surface area contributed by atoms with Crippen LogP contribution < -0.4 is 5.32 Å². The van der Waals surface area contributed by atoms with Crippen molar-refractivity contribution in [2.45, 2.75) is 80.6 Å². The van der Waals surface area contributed by atoms with Gasteiger partial charge in [0.25, 0.3) is 0 Å². The first-order valence-corrected chi connectivity index (χ1v) is 10.9. The highest BCUT2D eigenvalue weighted by Crippen LogP contribution is 2.52. The maximum Gasteiger partial charge on any atom is 0.232 e. The Labute approximate surface area is 177 Å². The first-order chi connectivity index (χ1) is 13.8. The highest BCUT2D eigenvalue weighted by Gasteiger charge is 2.54. The van der Waals surface area contributed by atoms with Gasteiger partial charge in [0.15, 0.2) is 5.78 Å². The number of aryl methyl sites for hydroxylation is 1. The quantitative estimate of drug-likeness (QED) is 0.488. The number of imide groups is 1. The summed E-state index contributed by atoms with van der Waals surface area (Å²) in [6.07, 6.45) is 5.97. The first kappa shape index (κ1) is 26.8. The predicted molar refractivity (Wildman–Crippen MR) is 122 cm³/mol. The lowest BCUT2D eigenvalue weighted by Crippen LogP contribution is -2.46. The monoisotopic (exact) mass is 401 g/mol. The minimum Gasteiger partial charge on any atom is -0.296 e. The van der Waals surface area contributed by atoms with Crippen LogP contribution in [0.5, 0.6) is 0 Å². The predicted octanol–water partition coefficient (Wildman–Crippen LogP) is 6.12. The molecule has 1 unspecified atom stereocenters. The van der Waals surface area contributed by atoms with Gasteiger partial charge in [-0.3, -0.25) is 19.7 Å². The van der Waals surface area contributed by atoms with Crippen LogP contribution in [0.25, 0.3) is 6.08 Å². The van der Waals surface area contributed by atoms with Crippen molar-refractivity contribution >= 4 is 23.7 Å². The number of amides is 2. The molecule has 2 aliphatic rings. The van der Waals surface area contributed by atoms with Gasteiger partial charge < -0.3 is 0 Å². The molecule has 1 saturated carbocycles. The fourth-order valence-corrected chi connectivity index (χ4v) is 3.28. The molecule has 1 heterocycles. The molecule has 4 nitrogen and oxygen atoms in total. The first-order valence-electron chi connectivity index (χ1n) is 10.9. The number of piperidine rings is 1. The second-order valence-corrected chi connectivity index (χ2v) is 7.12. The van der Waals surface area contributed by atoms with E-state index in [4.69, 9.17) is 0 Å². The molecular weight excluding hydrogens is 362 g/mol. The van der Waals surface area contributed by atoms with E-state index >= 15 is 0 Å². The molecule has 29 heavy (non-hydrogen) atoms. The maximum absolute atomic E-state index is 11.7. The summed E-state index contributed by atoms with van der Waals surface area (Å²) < 4.78 is 0. The molecule has 1 spiro atoms. The van der Waals surface area contributed by atoms with Crippen molar-refractivity contribution in [2.24, 2.45) is 11.3 Å². The Morgan fingerprint density at radius 3 is 2.28 bits per heavy atom. The van der Waals surface area contributed by atoms with Crippen LogP contribution in [0.1, 0.15) is 95.1 Å². The average Bonchev–Trinajstić information content (AvgIpc) is 3.50. The summed E-state index contributed by atoms with van der Waals surface area (Å²) in [5.74, 6) is 0.0921. The molecule has 1 aromatic rings. The van der Waals surface area contributed by atoms with Gasteiger partial charge in [0.2, 0.25) is 11.8 Å². The highest BCUT2D eigenvalue weighted by molar-refractivity contribution is 6.02. The zero-order valence-corrected chi connectivity index (χ0v) is 19.4. The Morgan fingerprint density at radius 2 is 1.79 bits per heavy atom. The summed E-state index contributed by atoms with van der Waals surface area (Å²) in [6.45, 7) is 17.6. The van der Waals surface area contributed by atoms with Crippen molar-refractivity contribution in [3.63, 3.8) is 0 Å². The molecule has 0 bridgehead atoms. The van der Waals surface area contributed by atoms with Crippen LogP contribution in [0.15, 0.2) is 24.8 Å². The summed E-state index contributed by atoms with van der Waals surface area (Å²) in [4.78, 5) is 33.9. The Morgan fingerprint density at radius 1 is 1.21 bits per heavy atom. The van der Waals surface area contributed by atoms with E-state index in [0.717, 1.165) is 42.4 Å². The normalized spacial score (nSPS) is 18.0. The fourth-order valence-electron chi connectivity index (χ4n) is 3.28. The Balaban J connectivity index is 0.000000469. The van der Waals surface area contributed by atoms with Gasteiger partial charge >= 0.3 is 0 Å². The molecule has 162 valence electrons. The van der Waals surface area contributed by atoms with E-state index in [1.807, 2.05) is 66.7 Å².